The van der Waals surface area contributed by atoms with Crippen molar-refractivity contribution in [2.24, 2.45) is 0 Å². The summed E-state index contributed by atoms with van der Waals surface area (Å²) in [5.74, 6) is 0.436. The second-order valence-electron chi connectivity index (χ2n) is 9.87. The first-order valence-corrected chi connectivity index (χ1v) is 14.6. The number of rotatable bonds is 9. The van der Waals surface area contributed by atoms with Crippen LogP contribution >= 0.6 is 11.8 Å². The molecule has 3 atom stereocenters. The first kappa shape index (κ1) is 28.5. The van der Waals surface area contributed by atoms with E-state index >= 15 is 0 Å². The molecule has 0 unspecified atom stereocenters. The molecule has 5 aromatic rings. The van der Waals surface area contributed by atoms with Gasteiger partial charge in [-0.15, -0.1) is 5.10 Å². The number of aliphatic hydroxyl groups excluding tert-OH is 1. The Morgan fingerprint density at radius 3 is 2.60 bits per heavy atom. The highest BCUT2D eigenvalue weighted by Crippen LogP contribution is 2.40. The van der Waals surface area contributed by atoms with E-state index in [4.69, 9.17) is 9.47 Å². The molecule has 218 valence electrons. The molecule has 2 aromatic heterocycles. The maximum atomic E-state index is 12.7. The van der Waals surface area contributed by atoms with Crippen LogP contribution in [0.25, 0.3) is 5.69 Å². The van der Waals surface area contributed by atoms with Gasteiger partial charge < -0.3 is 25.0 Å². The Bertz CT molecular complexity index is 1670. The SMILES string of the molecule is O=C(Nc1cccc([C@H]2O[C@@H](CSc3nnnn3-c3ccc(O)cc3)C[C@@H](c3ccc(CO)cc3)O2)c1)c1cccnc1. The third-order valence-electron chi connectivity index (χ3n) is 6.89. The summed E-state index contributed by atoms with van der Waals surface area (Å²) in [6, 6.07) is 25.1. The maximum absolute atomic E-state index is 12.7. The van der Waals surface area contributed by atoms with Crippen molar-refractivity contribution in [2.45, 2.75) is 36.7 Å². The number of hydrogen-bond donors (Lipinski definition) is 3. The molecule has 1 aliphatic heterocycles. The molecule has 0 bridgehead atoms. The number of anilines is 1. The largest absolute Gasteiger partial charge is 0.508 e. The van der Waals surface area contributed by atoms with Crippen LogP contribution in [-0.4, -0.2) is 53.2 Å². The number of carbonyl (C=O) groups is 1. The van der Waals surface area contributed by atoms with E-state index in [0.717, 1.165) is 22.4 Å². The van der Waals surface area contributed by atoms with Crippen molar-refractivity contribution in [3.63, 3.8) is 0 Å². The van der Waals surface area contributed by atoms with Crippen molar-refractivity contribution in [1.29, 1.82) is 0 Å². The minimum Gasteiger partial charge on any atom is -0.508 e. The predicted octanol–water partition coefficient (Wildman–Crippen LogP) is 4.85. The van der Waals surface area contributed by atoms with Gasteiger partial charge in [0.25, 0.3) is 5.91 Å². The molecule has 11 nitrogen and oxygen atoms in total. The molecule has 0 saturated carbocycles. The van der Waals surface area contributed by atoms with E-state index in [1.54, 1.807) is 47.3 Å². The van der Waals surface area contributed by atoms with E-state index in [1.165, 1.54) is 18.0 Å². The quantitative estimate of drug-likeness (QED) is 0.202. The lowest BCUT2D eigenvalue weighted by Gasteiger charge is -2.36. The van der Waals surface area contributed by atoms with Gasteiger partial charge in [0, 0.05) is 35.8 Å². The number of nitrogens with zero attached hydrogens (tertiary/aromatic N) is 5. The number of tetrazole rings is 1. The number of aromatic hydroxyl groups is 1. The van der Waals surface area contributed by atoms with Gasteiger partial charge in [0.05, 0.1) is 30.1 Å². The molecular formula is C31H28N6O5S. The van der Waals surface area contributed by atoms with Crippen LogP contribution in [0.2, 0.25) is 0 Å². The second kappa shape index (κ2) is 13.1. The lowest BCUT2D eigenvalue weighted by Crippen LogP contribution is -2.31. The summed E-state index contributed by atoms with van der Waals surface area (Å²) in [4.78, 5) is 16.7. The normalized spacial score (nSPS) is 18.3. The summed E-state index contributed by atoms with van der Waals surface area (Å²) in [5, 5.41) is 34.8. The molecule has 6 rings (SSSR count). The number of benzene rings is 3. The van der Waals surface area contributed by atoms with Crippen LogP contribution in [0.4, 0.5) is 5.69 Å². The van der Waals surface area contributed by atoms with Crippen LogP contribution in [0.5, 0.6) is 5.75 Å². The van der Waals surface area contributed by atoms with Crippen LogP contribution in [0, 0.1) is 0 Å². The number of phenols is 1. The zero-order valence-electron chi connectivity index (χ0n) is 22.9. The van der Waals surface area contributed by atoms with Crippen LogP contribution in [0.1, 0.15) is 45.9 Å². The van der Waals surface area contributed by atoms with Gasteiger partial charge in [-0.3, -0.25) is 9.78 Å². The molecule has 3 N–H and O–H groups in total. The molecule has 1 amide bonds. The molecule has 0 aliphatic carbocycles. The third kappa shape index (κ3) is 6.89. The fraction of sp³-hybridized carbons (Fsp3) is 0.194. The van der Waals surface area contributed by atoms with Crippen LogP contribution in [-0.2, 0) is 16.1 Å². The number of aliphatic hydroxyl groups is 1. The maximum Gasteiger partial charge on any atom is 0.257 e. The minimum atomic E-state index is -0.704. The number of carbonyl (C=O) groups excluding carboxylic acids is 1. The van der Waals surface area contributed by atoms with E-state index in [-0.39, 0.29) is 30.5 Å². The van der Waals surface area contributed by atoms with E-state index in [9.17, 15) is 15.0 Å². The first-order valence-electron chi connectivity index (χ1n) is 13.6. The Hall–Kier alpha value is -4.62. The highest BCUT2D eigenvalue weighted by Gasteiger charge is 2.33. The number of thioether (sulfide) groups is 1. The topological polar surface area (TPSA) is 145 Å². The molecule has 12 heteroatoms. The van der Waals surface area contributed by atoms with E-state index < -0.39 is 6.29 Å². The van der Waals surface area contributed by atoms with Gasteiger partial charge >= 0.3 is 0 Å². The summed E-state index contributed by atoms with van der Waals surface area (Å²) in [6.45, 7) is -0.0376. The highest BCUT2D eigenvalue weighted by molar-refractivity contribution is 7.99. The van der Waals surface area contributed by atoms with Crippen molar-refractivity contribution in [1.82, 2.24) is 25.2 Å². The van der Waals surface area contributed by atoms with E-state index in [0.29, 0.717) is 28.6 Å². The summed E-state index contributed by atoms with van der Waals surface area (Å²) in [5.41, 5.74) is 4.32. The molecule has 43 heavy (non-hydrogen) atoms. The van der Waals surface area contributed by atoms with Crippen LogP contribution < -0.4 is 5.32 Å². The van der Waals surface area contributed by atoms with E-state index in [1.807, 2.05) is 48.5 Å². The summed E-state index contributed by atoms with van der Waals surface area (Å²) < 4.78 is 14.5. The molecule has 3 aromatic carbocycles. The van der Waals surface area contributed by atoms with Gasteiger partial charge in [-0.2, -0.15) is 4.68 Å². The van der Waals surface area contributed by atoms with Gasteiger partial charge in [0.2, 0.25) is 5.16 Å². The Balaban J connectivity index is 1.22. The zero-order chi connectivity index (χ0) is 29.6. The molecule has 3 heterocycles. The number of hydrogen-bond acceptors (Lipinski definition) is 10. The minimum absolute atomic E-state index is 0.0376. The van der Waals surface area contributed by atoms with Crippen molar-refractivity contribution >= 4 is 23.4 Å². The average molecular weight is 597 g/mol. The monoisotopic (exact) mass is 596 g/mol. The number of aromatic nitrogens is 5. The fourth-order valence-corrected chi connectivity index (χ4v) is 5.59. The zero-order valence-corrected chi connectivity index (χ0v) is 23.7. The average Bonchev–Trinajstić information content (AvgIpc) is 3.53. The van der Waals surface area contributed by atoms with Crippen molar-refractivity contribution in [3.8, 4) is 11.4 Å². The number of phenolic OH excluding ortho intramolecular Hbond substituents is 1. The lowest BCUT2D eigenvalue weighted by molar-refractivity contribution is -0.245. The van der Waals surface area contributed by atoms with Crippen LogP contribution in [0.3, 0.4) is 0 Å². The summed E-state index contributed by atoms with van der Waals surface area (Å²) in [7, 11) is 0. The number of amides is 1. The summed E-state index contributed by atoms with van der Waals surface area (Å²) in [6.07, 6.45) is 2.50. The molecule has 0 spiro atoms. The highest BCUT2D eigenvalue weighted by atomic mass is 32.2. The molecular weight excluding hydrogens is 568 g/mol. The van der Waals surface area contributed by atoms with Gasteiger partial charge in [-0.25, -0.2) is 0 Å². The van der Waals surface area contributed by atoms with Crippen molar-refractivity contribution in [2.75, 3.05) is 11.1 Å². The smallest absolute Gasteiger partial charge is 0.257 e. The Labute approximate surface area is 251 Å². The Morgan fingerprint density at radius 1 is 1.00 bits per heavy atom. The molecule has 1 saturated heterocycles. The number of pyridine rings is 1. The molecule has 0 radical (unpaired) electrons. The van der Waals surface area contributed by atoms with Gasteiger partial charge in [-0.1, -0.05) is 48.2 Å². The van der Waals surface area contributed by atoms with Gasteiger partial charge in [0.15, 0.2) is 6.29 Å². The predicted molar refractivity (Wildman–Crippen MR) is 159 cm³/mol. The van der Waals surface area contributed by atoms with Crippen molar-refractivity contribution in [3.05, 3.63) is 120 Å². The van der Waals surface area contributed by atoms with E-state index in [2.05, 4.69) is 25.8 Å². The number of ether oxygens (including phenoxy) is 2. The Kier molecular flexibility index (Phi) is 8.70. The lowest BCUT2D eigenvalue weighted by atomic mass is 10.0. The van der Waals surface area contributed by atoms with Crippen LogP contribution in [0.15, 0.2) is 102 Å². The molecule has 1 fully saturated rings. The van der Waals surface area contributed by atoms with Gasteiger partial charge in [-0.05, 0) is 70.1 Å². The standard InChI is InChI=1S/C31H28N6O5S/c38-18-20-6-8-21(9-7-20)28-16-27(19-43-31-34-35-36-37(31)25-10-12-26(39)13-11-25)41-30(42-28)22-3-1-5-24(15-22)33-29(40)23-4-2-14-32-17-23/h1-15,17,27-28,30,38-39H,16,18-19H2,(H,33,40)/t27-,28+,30+/m1/s1. The third-order valence-corrected chi connectivity index (χ3v) is 7.94. The van der Waals surface area contributed by atoms with Crippen molar-refractivity contribution < 1.29 is 24.5 Å². The Morgan fingerprint density at radius 2 is 1.84 bits per heavy atom. The second-order valence-corrected chi connectivity index (χ2v) is 10.9. The first-order chi connectivity index (χ1) is 21.1. The van der Waals surface area contributed by atoms with Gasteiger partial charge in [0.1, 0.15) is 5.75 Å². The summed E-state index contributed by atoms with van der Waals surface area (Å²) >= 11 is 1.46. The number of nitrogens with one attached hydrogen (secondary N) is 1. The molecule has 1 aliphatic rings. The fourth-order valence-electron chi connectivity index (χ4n) is 4.68.